The number of aromatic nitrogens is 1. The van der Waals surface area contributed by atoms with Gasteiger partial charge >= 0.3 is 6.18 Å². The molecular weight excluding hydrogens is 419 g/mol. The van der Waals surface area contributed by atoms with Crippen molar-refractivity contribution in [3.63, 3.8) is 0 Å². The van der Waals surface area contributed by atoms with Gasteiger partial charge in [0.25, 0.3) is 5.91 Å². The number of alkyl halides is 3. The van der Waals surface area contributed by atoms with Crippen molar-refractivity contribution >= 4 is 5.91 Å². The second kappa shape index (κ2) is 10.5. The van der Waals surface area contributed by atoms with Crippen molar-refractivity contribution < 1.29 is 22.4 Å². The number of amides is 1. The standard InChI is InChI=1S/C24H26F3N3O2/c1-3-17(2)28-23(31)21-16-32-22(29-21)15-30(13-18-7-5-4-6-8-18)14-19-9-11-20(12-10-19)24(25,26)27/h4-12,16-17H,3,13-15H2,1-2H3,(H,28,31)/t17-/m1/s1. The first kappa shape index (κ1) is 23.5. The third kappa shape index (κ3) is 6.68. The van der Waals surface area contributed by atoms with Gasteiger partial charge in [0, 0.05) is 19.1 Å². The maximum Gasteiger partial charge on any atom is 0.416 e. The van der Waals surface area contributed by atoms with Crippen LogP contribution in [0.5, 0.6) is 0 Å². The highest BCUT2D eigenvalue weighted by Gasteiger charge is 2.30. The Hall–Kier alpha value is -3.13. The van der Waals surface area contributed by atoms with E-state index in [1.54, 1.807) is 0 Å². The average Bonchev–Trinajstić information content (AvgIpc) is 3.22. The highest BCUT2D eigenvalue weighted by Crippen LogP contribution is 2.29. The van der Waals surface area contributed by atoms with Crippen molar-refractivity contribution in [1.29, 1.82) is 0 Å². The first-order chi connectivity index (χ1) is 15.2. The molecule has 1 N–H and O–H groups in total. The van der Waals surface area contributed by atoms with Crippen molar-refractivity contribution in [2.75, 3.05) is 0 Å². The lowest BCUT2D eigenvalue weighted by atomic mass is 10.1. The Labute approximate surface area is 185 Å². The van der Waals surface area contributed by atoms with E-state index in [2.05, 4.69) is 10.3 Å². The fourth-order valence-electron chi connectivity index (χ4n) is 3.15. The van der Waals surface area contributed by atoms with Gasteiger partial charge in [0.2, 0.25) is 5.89 Å². The summed E-state index contributed by atoms with van der Waals surface area (Å²) in [7, 11) is 0. The Balaban J connectivity index is 1.74. The summed E-state index contributed by atoms with van der Waals surface area (Å²) in [5, 5.41) is 2.84. The fourth-order valence-corrected chi connectivity index (χ4v) is 3.15. The summed E-state index contributed by atoms with van der Waals surface area (Å²) in [6, 6.07) is 14.8. The zero-order valence-electron chi connectivity index (χ0n) is 18.0. The number of oxazole rings is 1. The molecule has 0 fully saturated rings. The van der Waals surface area contributed by atoms with Crippen LogP contribution in [0.15, 0.2) is 65.3 Å². The van der Waals surface area contributed by atoms with Gasteiger partial charge in [0.15, 0.2) is 5.69 Å². The van der Waals surface area contributed by atoms with Crippen LogP contribution in [0, 0.1) is 0 Å². The molecule has 32 heavy (non-hydrogen) atoms. The second-order valence-electron chi connectivity index (χ2n) is 7.73. The molecule has 0 aliphatic rings. The number of carbonyl (C=O) groups is 1. The van der Waals surface area contributed by atoms with E-state index in [9.17, 15) is 18.0 Å². The van der Waals surface area contributed by atoms with Crippen LogP contribution in [0.3, 0.4) is 0 Å². The maximum absolute atomic E-state index is 12.9. The largest absolute Gasteiger partial charge is 0.447 e. The molecule has 0 aliphatic heterocycles. The molecule has 170 valence electrons. The molecule has 3 rings (SSSR count). The van der Waals surface area contributed by atoms with E-state index in [-0.39, 0.29) is 17.6 Å². The van der Waals surface area contributed by atoms with Crippen molar-refractivity contribution in [3.8, 4) is 0 Å². The monoisotopic (exact) mass is 445 g/mol. The Kier molecular flexibility index (Phi) is 7.69. The van der Waals surface area contributed by atoms with E-state index in [1.165, 1.54) is 18.4 Å². The molecule has 8 heteroatoms. The predicted molar refractivity (Wildman–Crippen MR) is 115 cm³/mol. The third-order valence-corrected chi connectivity index (χ3v) is 5.07. The van der Waals surface area contributed by atoms with Crippen LogP contribution in [-0.4, -0.2) is 21.8 Å². The molecule has 2 aromatic carbocycles. The second-order valence-corrected chi connectivity index (χ2v) is 7.73. The SMILES string of the molecule is CC[C@@H](C)NC(=O)c1coc(CN(Cc2ccccc2)Cc2ccc(C(F)(F)F)cc2)n1. The number of hydrogen-bond donors (Lipinski definition) is 1. The van der Waals surface area contributed by atoms with E-state index in [1.807, 2.05) is 49.1 Å². The molecule has 0 aliphatic carbocycles. The van der Waals surface area contributed by atoms with Gasteiger partial charge in [-0.25, -0.2) is 4.98 Å². The molecule has 0 unspecified atom stereocenters. The zero-order valence-corrected chi connectivity index (χ0v) is 18.0. The lowest BCUT2D eigenvalue weighted by molar-refractivity contribution is -0.137. The first-order valence-corrected chi connectivity index (χ1v) is 10.4. The summed E-state index contributed by atoms with van der Waals surface area (Å²) >= 11 is 0. The fraction of sp³-hybridized carbons (Fsp3) is 0.333. The lowest BCUT2D eigenvalue weighted by Crippen LogP contribution is -2.32. The summed E-state index contributed by atoms with van der Waals surface area (Å²) in [6.45, 7) is 5.11. The Morgan fingerprint density at radius 2 is 1.66 bits per heavy atom. The van der Waals surface area contributed by atoms with Gasteiger partial charge in [-0.3, -0.25) is 9.69 Å². The number of carbonyl (C=O) groups excluding carboxylic acids is 1. The quantitative estimate of drug-likeness (QED) is 0.478. The van der Waals surface area contributed by atoms with Crippen molar-refractivity contribution in [2.24, 2.45) is 0 Å². The normalized spacial score (nSPS) is 12.7. The van der Waals surface area contributed by atoms with Crippen LogP contribution in [-0.2, 0) is 25.8 Å². The van der Waals surface area contributed by atoms with E-state index in [0.29, 0.717) is 25.5 Å². The molecule has 0 radical (unpaired) electrons. The number of nitrogens with one attached hydrogen (secondary N) is 1. The number of nitrogens with zero attached hydrogens (tertiary/aromatic N) is 2. The molecule has 1 amide bonds. The predicted octanol–water partition coefficient (Wildman–Crippen LogP) is 5.42. The number of rotatable bonds is 9. The smallest absolute Gasteiger partial charge is 0.416 e. The molecule has 1 aromatic heterocycles. The number of benzene rings is 2. The van der Waals surface area contributed by atoms with Crippen LogP contribution >= 0.6 is 0 Å². The van der Waals surface area contributed by atoms with Gasteiger partial charge in [0.05, 0.1) is 12.1 Å². The summed E-state index contributed by atoms with van der Waals surface area (Å²) in [5.74, 6) is 0.0637. The highest BCUT2D eigenvalue weighted by atomic mass is 19.4. The van der Waals surface area contributed by atoms with E-state index in [0.717, 1.165) is 29.7 Å². The first-order valence-electron chi connectivity index (χ1n) is 10.4. The highest BCUT2D eigenvalue weighted by molar-refractivity contribution is 5.92. The molecule has 5 nitrogen and oxygen atoms in total. The minimum absolute atomic E-state index is 0.0249. The van der Waals surface area contributed by atoms with Crippen LogP contribution in [0.25, 0.3) is 0 Å². The minimum Gasteiger partial charge on any atom is -0.447 e. The number of halogens is 3. The Morgan fingerprint density at radius 1 is 1.03 bits per heavy atom. The van der Waals surface area contributed by atoms with Crippen LogP contribution in [0.4, 0.5) is 13.2 Å². The van der Waals surface area contributed by atoms with Crippen LogP contribution < -0.4 is 5.32 Å². The maximum atomic E-state index is 12.9. The van der Waals surface area contributed by atoms with Gasteiger partial charge in [0.1, 0.15) is 6.26 Å². The average molecular weight is 445 g/mol. The van der Waals surface area contributed by atoms with Gasteiger partial charge in [-0.05, 0) is 36.6 Å². The van der Waals surface area contributed by atoms with Crippen LogP contribution in [0.2, 0.25) is 0 Å². The molecule has 1 heterocycles. The van der Waals surface area contributed by atoms with E-state index >= 15 is 0 Å². The minimum atomic E-state index is -4.37. The Morgan fingerprint density at radius 3 is 2.25 bits per heavy atom. The summed E-state index contributed by atoms with van der Waals surface area (Å²) < 4.78 is 44.1. The Bertz CT molecular complexity index is 1000. The van der Waals surface area contributed by atoms with Crippen molar-refractivity contribution in [2.45, 2.75) is 52.1 Å². The lowest BCUT2D eigenvalue weighted by Gasteiger charge is -2.21. The molecule has 0 bridgehead atoms. The van der Waals surface area contributed by atoms with E-state index in [4.69, 9.17) is 4.42 Å². The summed E-state index contributed by atoms with van der Waals surface area (Å²) in [4.78, 5) is 18.6. The van der Waals surface area contributed by atoms with Crippen LogP contribution in [0.1, 0.15) is 53.3 Å². The van der Waals surface area contributed by atoms with Crippen molar-refractivity contribution in [3.05, 3.63) is 89.1 Å². The summed E-state index contributed by atoms with van der Waals surface area (Å²) in [6.07, 6.45) is -2.24. The van der Waals surface area contributed by atoms with Gasteiger partial charge in [-0.2, -0.15) is 13.2 Å². The molecule has 0 spiro atoms. The summed E-state index contributed by atoms with van der Waals surface area (Å²) in [5.41, 5.74) is 1.30. The van der Waals surface area contributed by atoms with Gasteiger partial charge in [-0.15, -0.1) is 0 Å². The topological polar surface area (TPSA) is 58.4 Å². The van der Waals surface area contributed by atoms with Gasteiger partial charge < -0.3 is 9.73 Å². The molecule has 0 saturated heterocycles. The number of hydrogen-bond acceptors (Lipinski definition) is 4. The third-order valence-electron chi connectivity index (χ3n) is 5.07. The molecule has 0 saturated carbocycles. The van der Waals surface area contributed by atoms with E-state index < -0.39 is 11.7 Å². The van der Waals surface area contributed by atoms with Crippen molar-refractivity contribution in [1.82, 2.24) is 15.2 Å². The molecule has 3 aromatic rings. The van der Waals surface area contributed by atoms with Gasteiger partial charge in [-0.1, -0.05) is 49.4 Å². The molecule has 1 atom stereocenters. The molecular formula is C24H26F3N3O2. The zero-order chi connectivity index (χ0) is 23.1.